The molecule has 0 unspecified atom stereocenters. The number of carbonyl (C=O) groups excluding carboxylic acids is 2. The highest BCUT2D eigenvalue weighted by Crippen LogP contribution is 2.23. The van der Waals surface area contributed by atoms with E-state index in [4.69, 9.17) is 0 Å². The van der Waals surface area contributed by atoms with E-state index < -0.39 is 17.3 Å². The molecule has 1 amide bonds. The van der Waals surface area contributed by atoms with Crippen LogP contribution in [0.5, 0.6) is 0 Å². The Kier molecular flexibility index (Phi) is 5.31. The van der Waals surface area contributed by atoms with E-state index in [1.165, 1.54) is 34.9 Å². The third-order valence-electron chi connectivity index (χ3n) is 5.29. The lowest BCUT2D eigenvalue weighted by Crippen LogP contribution is -2.36. The quantitative estimate of drug-likeness (QED) is 0.720. The van der Waals surface area contributed by atoms with Gasteiger partial charge in [-0.05, 0) is 55.7 Å². The second-order valence-electron chi connectivity index (χ2n) is 7.48. The molecule has 0 spiro atoms. The topological polar surface area (TPSA) is 68.2 Å². The van der Waals surface area contributed by atoms with Gasteiger partial charge < -0.3 is 5.32 Å². The summed E-state index contributed by atoms with van der Waals surface area (Å²) in [6, 6.07) is 14.6. The SMILES string of the molecule is Cc1cccc(CNC(=O)c2cc3c(n(-c4ccc(F)cc4)c2=O)CCCC3=O)c1. The number of hydrogen-bond acceptors (Lipinski definition) is 3. The zero-order valence-electron chi connectivity index (χ0n) is 16.6. The van der Waals surface area contributed by atoms with E-state index >= 15 is 0 Å². The summed E-state index contributed by atoms with van der Waals surface area (Å²) in [4.78, 5) is 38.6. The monoisotopic (exact) mass is 404 g/mol. The number of fused-ring (bicyclic) bond motifs is 1. The van der Waals surface area contributed by atoms with Gasteiger partial charge in [0, 0.05) is 29.9 Å². The van der Waals surface area contributed by atoms with Crippen molar-refractivity contribution in [3.63, 3.8) is 0 Å². The second-order valence-corrected chi connectivity index (χ2v) is 7.48. The molecule has 0 saturated carbocycles. The maximum Gasteiger partial charge on any atom is 0.268 e. The summed E-state index contributed by atoms with van der Waals surface area (Å²) >= 11 is 0. The van der Waals surface area contributed by atoms with Gasteiger partial charge in [0.15, 0.2) is 5.78 Å². The molecule has 1 aliphatic rings. The second kappa shape index (κ2) is 8.06. The molecule has 0 atom stereocenters. The molecule has 0 fully saturated rings. The molecule has 1 heterocycles. The van der Waals surface area contributed by atoms with Crippen LogP contribution in [0.25, 0.3) is 5.69 Å². The molecule has 1 N–H and O–H groups in total. The lowest BCUT2D eigenvalue weighted by atomic mass is 9.92. The third-order valence-corrected chi connectivity index (χ3v) is 5.29. The zero-order valence-corrected chi connectivity index (χ0v) is 16.6. The predicted molar refractivity (Wildman–Crippen MR) is 112 cm³/mol. The van der Waals surface area contributed by atoms with Gasteiger partial charge in [0.25, 0.3) is 11.5 Å². The number of amides is 1. The fraction of sp³-hybridized carbons (Fsp3) is 0.208. The summed E-state index contributed by atoms with van der Waals surface area (Å²) in [5.41, 5.74) is 2.75. The molecule has 152 valence electrons. The van der Waals surface area contributed by atoms with Gasteiger partial charge in [0.05, 0.1) is 0 Å². The van der Waals surface area contributed by atoms with Crippen molar-refractivity contribution in [2.24, 2.45) is 0 Å². The molecule has 0 radical (unpaired) electrons. The van der Waals surface area contributed by atoms with Gasteiger partial charge in [-0.2, -0.15) is 0 Å². The van der Waals surface area contributed by atoms with Gasteiger partial charge >= 0.3 is 0 Å². The zero-order chi connectivity index (χ0) is 21.3. The van der Waals surface area contributed by atoms with Crippen molar-refractivity contribution in [1.29, 1.82) is 0 Å². The summed E-state index contributed by atoms with van der Waals surface area (Å²) in [6.07, 6.45) is 1.54. The van der Waals surface area contributed by atoms with Gasteiger partial charge in [0.1, 0.15) is 11.4 Å². The molecule has 2 aromatic carbocycles. The lowest BCUT2D eigenvalue weighted by Gasteiger charge is -2.21. The number of halogens is 1. The first kappa shape index (κ1) is 19.8. The van der Waals surface area contributed by atoms with E-state index in [1.807, 2.05) is 31.2 Å². The number of aromatic nitrogens is 1. The Morgan fingerprint density at radius 3 is 2.57 bits per heavy atom. The number of ketones is 1. The molecular weight excluding hydrogens is 383 g/mol. The van der Waals surface area contributed by atoms with Crippen molar-refractivity contribution in [3.8, 4) is 5.69 Å². The minimum Gasteiger partial charge on any atom is -0.348 e. The highest BCUT2D eigenvalue weighted by atomic mass is 19.1. The van der Waals surface area contributed by atoms with Crippen LogP contribution in [-0.4, -0.2) is 16.3 Å². The fourth-order valence-corrected chi connectivity index (χ4v) is 3.82. The van der Waals surface area contributed by atoms with E-state index in [0.717, 1.165) is 11.1 Å². The summed E-state index contributed by atoms with van der Waals surface area (Å²) in [6.45, 7) is 2.23. The average molecular weight is 404 g/mol. The highest BCUT2D eigenvalue weighted by molar-refractivity contribution is 6.01. The molecule has 1 aliphatic carbocycles. The summed E-state index contributed by atoms with van der Waals surface area (Å²) < 4.78 is 14.8. The number of Topliss-reactive ketones (excluding diaryl/α,β-unsaturated/α-hetero) is 1. The Labute approximate surface area is 173 Å². The number of nitrogens with one attached hydrogen (secondary N) is 1. The van der Waals surface area contributed by atoms with E-state index in [2.05, 4.69) is 5.32 Å². The van der Waals surface area contributed by atoms with E-state index in [1.54, 1.807) is 0 Å². The Bertz CT molecular complexity index is 1200. The molecule has 1 aromatic heterocycles. The van der Waals surface area contributed by atoms with Gasteiger partial charge in [-0.3, -0.25) is 19.0 Å². The number of hydrogen-bond donors (Lipinski definition) is 1. The lowest BCUT2D eigenvalue weighted by molar-refractivity contribution is 0.0949. The molecular formula is C24H21FN2O3. The normalized spacial score (nSPS) is 13.1. The third kappa shape index (κ3) is 3.81. The molecule has 0 aliphatic heterocycles. The maximum absolute atomic E-state index is 13.4. The van der Waals surface area contributed by atoms with E-state index in [0.29, 0.717) is 36.2 Å². The average Bonchev–Trinajstić information content (AvgIpc) is 2.73. The van der Waals surface area contributed by atoms with Crippen molar-refractivity contribution in [2.45, 2.75) is 32.7 Å². The Morgan fingerprint density at radius 2 is 1.83 bits per heavy atom. The smallest absolute Gasteiger partial charge is 0.268 e. The van der Waals surface area contributed by atoms with Crippen LogP contribution < -0.4 is 10.9 Å². The fourth-order valence-electron chi connectivity index (χ4n) is 3.82. The number of pyridine rings is 1. The Morgan fingerprint density at radius 1 is 1.07 bits per heavy atom. The van der Waals surface area contributed by atoms with Crippen molar-refractivity contribution in [1.82, 2.24) is 9.88 Å². The molecule has 4 rings (SSSR count). The first-order valence-corrected chi connectivity index (χ1v) is 9.86. The number of aryl methyl sites for hydroxylation is 1. The number of carbonyl (C=O) groups is 2. The van der Waals surface area contributed by atoms with E-state index in [-0.39, 0.29) is 17.9 Å². The van der Waals surface area contributed by atoms with E-state index in [9.17, 15) is 18.8 Å². The van der Waals surface area contributed by atoms with Gasteiger partial charge in [-0.1, -0.05) is 29.8 Å². The minimum atomic E-state index is -0.543. The summed E-state index contributed by atoms with van der Waals surface area (Å²) in [7, 11) is 0. The molecule has 5 nitrogen and oxygen atoms in total. The predicted octanol–water partition coefficient (Wildman–Crippen LogP) is 3.73. The molecule has 6 heteroatoms. The van der Waals surface area contributed by atoms with Crippen LogP contribution in [0, 0.1) is 12.7 Å². The minimum absolute atomic E-state index is 0.0963. The van der Waals surface area contributed by atoms with Crippen LogP contribution in [0.15, 0.2) is 59.4 Å². The Hall–Kier alpha value is -3.54. The Balaban J connectivity index is 1.76. The molecule has 3 aromatic rings. The van der Waals surface area contributed by atoms with Crippen molar-refractivity contribution in [2.75, 3.05) is 0 Å². The van der Waals surface area contributed by atoms with Gasteiger partial charge in [-0.25, -0.2) is 4.39 Å². The van der Waals surface area contributed by atoms with Crippen molar-refractivity contribution >= 4 is 11.7 Å². The number of rotatable bonds is 4. The molecule has 30 heavy (non-hydrogen) atoms. The molecule has 0 saturated heterocycles. The van der Waals surface area contributed by atoms with Crippen LogP contribution >= 0.6 is 0 Å². The van der Waals surface area contributed by atoms with Crippen LogP contribution in [0.2, 0.25) is 0 Å². The summed E-state index contributed by atoms with van der Waals surface area (Å²) in [5.74, 6) is -1.07. The van der Waals surface area contributed by atoms with Crippen molar-refractivity contribution in [3.05, 3.63) is 98.7 Å². The largest absolute Gasteiger partial charge is 0.348 e. The number of nitrogens with zero attached hydrogens (tertiary/aromatic N) is 1. The van der Waals surface area contributed by atoms with Crippen LogP contribution in [0.3, 0.4) is 0 Å². The van der Waals surface area contributed by atoms with Crippen LogP contribution in [-0.2, 0) is 13.0 Å². The van der Waals surface area contributed by atoms with Crippen molar-refractivity contribution < 1.29 is 14.0 Å². The highest BCUT2D eigenvalue weighted by Gasteiger charge is 2.26. The van der Waals surface area contributed by atoms with Crippen LogP contribution in [0.1, 0.15) is 50.4 Å². The standard InChI is InChI=1S/C24H21FN2O3/c1-15-4-2-5-16(12-15)14-26-23(29)20-13-19-21(6-3-7-22(19)28)27(24(20)30)18-10-8-17(25)9-11-18/h2,4-5,8-13H,3,6-7,14H2,1H3,(H,26,29). The van der Waals surface area contributed by atoms with Gasteiger partial charge in [0.2, 0.25) is 0 Å². The first-order valence-electron chi connectivity index (χ1n) is 9.86. The first-order chi connectivity index (χ1) is 14.4. The molecule has 0 bridgehead atoms. The summed E-state index contributed by atoms with van der Waals surface area (Å²) in [5, 5.41) is 2.77. The maximum atomic E-state index is 13.4. The van der Waals surface area contributed by atoms with Gasteiger partial charge in [-0.15, -0.1) is 0 Å². The number of benzene rings is 2. The van der Waals surface area contributed by atoms with Crippen LogP contribution in [0.4, 0.5) is 4.39 Å².